The molecule has 0 radical (unpaired) electrons. The number of fused-ring (bicyclic) bond motifs is 1. The molecule has 5 nitrogen and oxygen atoms in total. The van der Waals surface area contributed by atoms with Gasteiger partial charge in [-0.2, -0.15) is 0 Å². The van der Waals surface area contributed by atoms with E-state index in [-0.39, 0.29) is 17.7 Å². The Bertz CT molecular complexity index is 1030. The van der Waals surface area contributed by atoms with E-state index < -0.39 is 0 Å². The Kier molecular flexibility index (Phi) is 5.71. The van der Waals surface area contributed by atoms with E-state index >= 15 is 0 Å². The summed E-state index contributed by atoms with van der Waals surface area (Å²) in [4.78, 5) is 28.5. The van der Waals surface area contributed by atoms with Gasteiger partial charge in [0.2, 0.25) is 11.8 Å². The number of nitrogens with one attached hydrogen (secondary N) is 2. The molecule has 1 atom stereocenters. The molecule has 148 valence electrons. The number of thiazole rings is 1. The molecule has 1 aliphatic carbocycles. The van der Waals surface area contributed by atoms with Crippen molar-refractivity contribution < 1.29 is 9.59 Å². The molecule has 6 heteroatoms. The van der Waals surface area contributed by atoms with E-state index in [1.807, 2.05) is 41.8 Å². The quantitative estimate of drug-likeness (QED) is 0.656. The molecule has 2 aromatic carbocycles. The molecule has 1 heterocycles. The second-order valence-corrected chi connectivity index (χ2v) is 8.14. The second-order valence-electron chi connectivity index (χ2n) is 7.28. The molecule has 1 aliphatic rings. The highest BCUT2D eigenvalue weighted by Crippen LogP contribution is 2.33. The Morgan fingerprint density at radius 3 is 2.72 bits per heavy atom. The fourth-order valence-electron chi connectivity index (χ4n) is 3.70. The number of carbonyl (C=O) groups excluding carboxylic acids is 2. The average Bonchev–Trinajstić information content (AvgIpc) is 3.20. The highest BCUT2D eigenvalue weighted by molar-refractivity contribution is 7.14. The van der Waals surface area contributed by atoms with Gasteiger partial charge in [-0.05, 0) is 36.0 Å². The smallest absolute Gasteiger partial charge is 0.233 e. The molecule has 0 saturated heterocycles. The first-order valence-corrected chi connectivity index (χ1v) is 10.7. The lowest BCUT2D eigenvalue weighted by atomic mass is 9.82. The van der Waals surface area contributed by atoms with Crippen LogP contribution in [-0.4, -0.2) is 16.8 Å². The molecular formula is C23H23N3O2S. The number of aryl methyl sites for hydroxylation is 1. The molecule has 0 aliphatic heterocycles. The van der Waals surface area contributed by atoms with Crippen LogP contribution in [-0.2, 0) is 22.6 Å². The maximum atomic E-state index is 12.9. The Balaban J connectivity index is 1.43. The van der Waals surface area contributed by atoms with Crippen LogP contribution < -0.4 is 10.6 Å². The van der Waals surface area contributed by atoms with Crippen LogP contribution in [0.25, 0.3) is 11.3 Å². The number of hydrogen-bond donors (Lipinski definition) is 2. The lowest BCUT2D eigenvalue weighted by Crippen LogP contribution is -2.24. The van der Waals surface area contributed by atoms with Crippen molar-refractivity contribution in [3.05, 3.63) is 70.6 Å². The Labute approximate surface area is 174 Å². The van der Waals surface area contributed by atoms with Crippen LogP contribution in [0, 0.1) is 0 Å². The van der Waals surface area contributed by atoms with Gasteiger partial charge in [-0.25, -0.2) is 4.98 Å². The Morgan fingerprint density at radius 1 is 1.14 bits per heavy atom. The summed E-state index contributed by atoms with van der Waals surface area (Å²) in [5.41, 5.74) is 5.27. The normalized spacial score (nSPS) is 15.4. The fourth-order valence-corrected chi connectivity index (χ4v) is 4.43. The van der Waals surface area contributed by atoms with Crippen LogP contribution in [0.3, 0.4) is 0 Å². The van der Waals surface area contributed by atoms with E-state index in [9.17, 15) is 9.59 Å². The molecule has 1 aromatic heterocycles. The zero-order valence-corrected chi connectivity index (χ0v) is 17.1. The van der Waals surface area contributed by atoms with Crippen LogP contribution >= 0.6 is 11.3 Å². The molecule has 2 amide bonds. The number of carbonyl (C=O) groups is 2. The van der Waals surface area contributed by atoms with E-state index in [0.29, 0.717) is 11.7 Å². The van der Waals surface area contributed by atoms with Crippen molar-refractivity contribution in [2.24, 2.45) is 0 Å². The van der Waals surface area contributed by atoms with E-state index in [0.717, 1.165) is 41.6 Å². The summed E-state index contributed by atoms with van der Waals surface area (Å²) in [6, 6.07) is 16.1. The molecule has 4 rings (SSSR count). The van der Waals surface area contributed by atoms with Crippen molar-refractivity contribution in [2.45, 2.75) is 38.6 Å². The van der Waals surface area contributed by atoms with Gasteiger partial charge in [-0.1, -0.05) is 48.5 Å². The topological polar surface area (TPSA) is 71.1 Å². The SMILES string of the molecule is CC(=O)NCc1ccc(-c2csc(NC(=O)C3CCCc4ccccc43)n2)cc1. The van der Waals surface area contributed by atoms with E-state index in [2.05, 4.69) is 27.8 Å². The first kappa shape index (κ1) is 19.3. The van der Waals surface area contributed by atoms with Crippen molar-refractivity contribution in [1.29, 1.82) is 0 Å². The number of benzene rings is 2. The van der Waals surface area contributed by atoms with Crippen molar-refractivity contribution in [3.8, 4) is 11.3 Å². The van der Waals surface area contributed by atoms with Crippen molar-refractivity contribution in [3.63, 3.8) is 0 Å². The standard InChI is InChI=1S/C23H23N3O2S/c1-15(27)24-13-16-9-11-18(12-10-16)21-14-29-23(25-21)26-22(28)20-8-4-6-17-5-2-3-7-19(17)20/h2-3,5,7,9-12,14,20H,4,6,8,13H2,1H3,(H,24,27)(H,25,26,28). The minimum absolute atomic E-state index is 0.0173. The van der Waals surface area contributed by atoms with Crippen molar-refractivity contribution >= 4 is 28.3 Å². The minimum atomic E-state index is -0.111. The molecule has 29 heavy (non-hydrogen) atoms. The predicted octanol–water partition coefficient (Wildman–Crippen LogP) is 4.50. The molecule has 0 saturated carbocycles. The Hall–Kier alpha value is -2.99. The third-order valence-electron chi connectivity index (χ3n) is 5.21. The first-order chi connectivity index (χ1) is 14.1. The monoisotopic (exact) mass is 405 g/mol. The van der Waals surface area contributed by atoms with Gasteiger partial charge in [0.1, 0.15) is 0 Å². The fraction of sp³-hybridized carbons (Fsp3) is 0.261. The first-order valence-electron chi connectivity index (χ1n) is 9.78. The van der Waals surface area contributed by atoms with E-state index in [4.69, 9.17) is 0 Å². The zero-order chi connectivity index (χ0) is 20.2. The summed E-state index contributed by atoms with van der Waals surface area (Å²) in [7, 11) is 0. The predicted molar refractivity (Wildman–Crippen MR) is 116 cm³/mol. The van der Waals surface area contributed by atoms with Gasteiger partial charge in [0.25, 0.3) is 0 Å². The number of anilines is 1. The highest BCUT2D eigenvalue weighted by atomic mass is 32.1. The summed E-state index contributed by atoms with van der Waals surface area (Å²) in [5.74, 6) is -0.140. The van der Waals surface area contributed by atoms with Gasteiger partial charge < -0.3 is 10.6 Å². The number of hydrogen-bond acceptors (Lipinski definition) is 4. The third kappa shape index (κ3) is 4.54. The summed E-state index contributed by atoms with van der Waals surface area (Å²) in [6.07, 6.45) is 2.94. The molecule has 1 unspecified atom stereocenters. The van der Waals surface area contributed by atoms with Crippen molar-refractivity contribution in [2.75, 3.05) is 5.32 Å². The number of rotatable bonds is 5. The van der Waals surface area contributed by atoms with Gasteiger partial charge in [0.15, 0.2) is 5.13 Å². The summed E-state index contributed by atoms with van der Waals surface area (Å²) in [6.45, 7) is 2.02. The molecule has 3 aromatic rings. The number of aromatic nitrogens is 1. The summed E-state index contributed by atoms with van der Waals surface area (Å²) < 4.78 is 0. The largest absolute Gasteiger partial charge is 0.352 e. The third-order valence-corrected chi connectivity index (χ3v) is 5.97. The molecule has 0 fully saturated rings. The Morgan fingerprint density at radius 2 is 1.93 bits per heavy atom. The maximum absolute atomic E-state index is 12.9. The average molecular weight is 406 g/mol. The van der Waals surface area contributed by atoms with Crippen LogP contribution in [0.5, 0.6) is 0 Å². The van der Waals surface area contributed by atoms with Crippen LogP contribution in [0.4, 0.5) is 5.13 Å². The van der Waals surface area contributed by atoms with Gasteiger partial charge in [-0.15, -0.1) is 11.3 Å². The highest BCUT2D eigenvalue weighted by Gasteiger charge is 2.26. The maximum Gasteiger partial charge on any atom is 0.233 e. The van der Waals surface area contributed by atoms with Gasteiger partial charge in [-0.3, -0.25) is 9.59 Å². The van der Waals surface area contributed by atoms with Gasteiger partial charge in [0.05, 0.1) is 11.6 Å². The van der Waals surface area contributed by atoms with Crippen molar-refractivity contribution in [1.82, 2.24) is 10.3 Å². The molecule has 0 bridgehead atoms. The van der Waals surface area contributed by atoms with E-state index in [1.54, 1.807) is 0 Å². The number of nitrogens with zero attached hydrogens (tertiary/aromatic N) is 1. The summed E-state index contributed by atoms with van der Waals surface area (Å²) in [5, 5.41) is 8.37. The van der Waals surface area contributed by atoms with Crippen LogP contribution in [0.2, 0.25) is 0 Å². The number of amides is 2. The molecule has 0 spiro atoms. The molecule has 2 N–H and O–H groups in total. The van der Waals surface area contributed by atoms with Gasteiger partial charge in [0, 0.05) is 24.4 Å². The second kappa shape index (κ2) is 8.57. The summed E-state index contributed by atoms with van der Waals surface area (Å²) >= 11 is 1.44. The lowest BCUT2D eigenvalue weighted by Gasteiger charge is -2.24. The van der Waals surface area contributed by atoms with Gasteiger partial charge >= 0.3 is 0 Å². The van der Waals surface area contributed by atoms with E-state index in [1.165, 1.54) is 23.8 Å². The minimum Gasteiger partial charge on any atom is -0.352 e. The zero-order valence-electron chi connectivity index (χ0n) is 16.3. The lowest BCUT2D eigenvalue weighted by molar-refractivity contribution is -0.119. The van der Waals surface area contributed by atoms with Crippen LogP contribution in [0.15, 0.2) is 53.9 Å². The van der Waals surface area contributed by atoms with Crippen LogP contribution in [0.1, 0.15) is 42.4 Å². The molecular weight excluding hydrogens is 382 g/mol.